The van der Waals surface area contributed by atoms with Gasteiger partial charge in [0, 0.05) is 0 Å². The second kappa shape index (κ2) is 3.61. The molecule has 15 heavy (non-hydrogen) atoms. The number of hydrogen-bond donors (Lipinski definition) is 0. The van der Waals surface area contributed by atoms with Crippen LogP contribution in [0.5, 0.6) is 0 Å². The van der Waals surface area contributed by atoms with Gasteiger partial charge in [-0.15, -0.1) is 5.10 Å². The van der Waals surface area contributed by atoms with Crippen molar-refractivity contribution in [3.05, 3.63) is 41.5 Å². The summed E-state index contributed by atoms with van der Waals surface area (Å²) in [5.41, 5.74) is 1.23. The number of rotatable bonds is 2. The summed E-state index contributed by atoms with van der Waals surface area (Å²) in [5, 5.41) is 7.25. The van der Waals surface area contributed by atoms with E-state index in [1.54, 1.807) is 19.1 Å². The number of aryl methyl sites for hydroxylation is 1. The summed E-state index contributed by atoms with van der Waals surface area (Å²) in [5.74, 6) is -0.391. The van der Waals surface area contributed by atoms with Gasteiger partial charge in [0.25, 0.3) is 0 Å². The van der Waals surface area contributed by atoms with E-state index in [2.05, 4.69) is 10.3 Å². The Morgan fingerprint density at radius 2 is 2.27 bits per heavy atom. The minimum absolute atomic E-state index is 0.178. The molecule has 1 aromatic heterocycles. The van der Waals surface area contributed by atoms with Crippen LogP contribution < -0.4 is 0 Å². The summed E-state index contributed by atoms with van der Waals surface area (Å²) in [7, 11) is 0. The topological polar surface area (TPSA) is 47.8 Å². The van der Waals surface area contributed by atoms with Gasteiger partial charge in [0.15, 0.2) is 6.29 Å². The molecule has 5 heteroatoms. The molecule has 4 nitrogen and oxygen atoms in total. The van der Waals surface area contributed by atoms with Gasteiger partial charge in [-0.25, -0.2) is 9.07 Å². The maximum absolute atomic E-state index is 13.5. The van der Waals surface area contributed by atoms with Gasteiger partial charge in [-0.3, -0.25) is 4.79 Å². The van der Waals surface area contributed by atoms with Crippen LogP contribution >= 0.6 is 0 Å². The monoisotopic (exact) mass is 205 g/mol. The fourth-order valence-electron chi connectivity index (χ4n) is 1.35. The van der Waals surface area contributed by atoms with Crippen molar-refractivity contribution in [1.29, 1.82) is 0 Å². The average molecular weight is 205 g/mol. The van der Waals surface area contributed by atoms with Crippen LogP contribution in [-0.4, -0.2) is 21.3 Å². The fraction of sp³-hybridized carbons (Fsp3) is 0.100. The highest BCUT2D eigenvalue weighted by Gasteiger charge is 2.09. The van der Waals surface area contributed by atoms with Crippen molar-refractivity contribution in [2.24, 2.45) is 0 Å². The first-order chi connectivity index (χ1) is 7.22. The van der Waals surface area contributed by atoms with Crippen molar-refractivity contribution >= 4 is 6.29 Å². The van der Waals surface area contributed by atoms with E-state index in [9.17, 15) is 9.18 Å². The van der Waals surface area contributed by atoms with Crippen molar-refractivity contribution < 1.29 is 9.18 Å². The zero-order chi connectivity index (χ0) is 10.8. The van der Waals surface area contributed by atoms with E-state index in [-0.39, 0.29) is 5.69 Å². The highest BCUT2D eigenvalue weighted by Crippen LogP contribution is 2.16. The lowest BCUT2D eigenvalue weighted by Crippen LogP contribution is -2.01. The minimum atomic E-state index is -0.391. The van der Waals surface area contributed by atoms with E-state index in [0.29, 0.717) is 12.0 Å². The predicted molar refractivity (Wildman–Crippen MR) is 51.4 cm³/mol. The predicted octanol–water partition coefficient (Wildman–Crippen LogP) is 1.53. The Morgan fingerprint density at radius 3 is 2.87 bits per heavy atom. The van der Waals surface area contributed by atoms with Crippen LogP contribution in [0.15, 0.2) is 24.4 Å². The number of hydrogen-bond acceptors (Lipinski definition) is 3. The molecule has 2 rings (SSSR count). The van der Waals surface area contributed by atoms with Gasteiger partial charge < -0.3 is 0 Å². The summed E-state index contributed by atoms with van der Waals surface area (Å²) in [6, 6.07) is 4.72. The smallest absolute Gasteiger partial charge is 0.171 e. The molecule has 1 aromatic carbocycles. The van der Waals surface area contributed by atoms with Gasteiger partial charge in [-0.05, 0) is 18.6 Å². The molecule has 2 aromatic rings. The number of benzene rings is 1. The van der Waals surface area contributed by atoms with Gasteiger partial charge >= 0.3 is 0 Å². The molecule has 1 heterocycles. The number of halogens is 1. The van der Waals surface area contributed by atoms with Crippen LogP contribution in [0.4, 0.5) is 4.39 Å². The molecular formula is C10H8FN3O. The highest BCUT2D eigenvalue weighted by molar-refractivity contribution is 5.70. The van der Waals surface area contributed by atoms with Crippen LogP contribution in [0.1, 0.15) is 16.1 Å². The number of nitrogens with zero attached hydrogens (tertiary/aromatic N) is 3. The quantitative estimate of drug-likeness (QED) is 0.698. The molecule has 0 saturated carbocycles. The normalized spacial score (nSPS) is 10.3. The van der Waals surface area contributed by atoms with Crippen LogP contribution in [0.3, 0.4) is 0 Å². The Bertz CT molecular complexity index is 487. The van der Waals surface area contributed by atoms with Crippen LogP contribution in [0.2, 0.25) is 0 Å². The van der Waals surface area contributed by atoms with Crippen molar-refractivity contribution in [2.75, 3.05) is 0 Å². The summed E-state index contributed by atoms with van der Waals surface area (Å²) >= 11 is 0. The number of para-hydroxylation sites is 1. The van der Waals surface area contributed by atoms with Gasteiger partial charge in [0.2, 0.25) is 0 Å². The Hall–Kier alpha value is -2.04. The highest BCUT2D eigenvalue weighted by atomic mass is 19.1. The standard InChI is InChI=1S/C10H8FN3O/c1-7-3-2-4-9(11)10(7)14-5-8(6-15)12-13-14/h2-6H,1H3. The van der Waals surface area contributed by atoms with Gasteiger partial charge in [-0.2, -0.15) is 0 Å². The molecule has 0 unspecified atom stereocenters. The van der Waals surface area contributed by atoms with Crippen LogP contribution in [0, 0.1) is 12.7 Å². The first-order valence-corrected chi connectivity index (χ1v) is 4.35. The van der Waals surface area contributed by atoms with E-state index in [0.717, 1.165) is 5.56 Å². The molecule has 0 N–H and O–H groups in total. The first-order valence-electron chi connectivity index (χ1n) is 4.35. The Labute approximate surface area is 85.3 Å². The Morgan fingerprint density at radius 1 is 1.47 bits per heavy atom. The third kappa shape index (κ3) is 1.63. The van der Waals surface area contributed by atoms with Gasteiger partial charge in [-0.1, -0.05) is 17.3 Å². The van der Waals surface area contributed by atoms with Crippen LogP contribution in [0.25, 0.3) is 5.69 Å². The van der Waals surface area contributed by atoms with Crippen molar-refractivity contribution in [2.45, 2.75) is 6.92 Å². The number of carbonyl (C=O) groups is 1. The molecule has 0 aliphatic rings. The molecular weight excluding hydrogens is 197 g/mol. The maximum Gasteiger partial charge on any atom is 0.171 e. The van der Waals surface area contributed by atoms with E-state index in [1.165, 1.54) is 16.9 Å². The molecule has 0 spiro atoms. The fourth-order valence-corrected chi connectivity index (χ4v) is 1.35. The number of carbonyl (C=O) groups excluding carboxylic acids is 1. The van der Waals surface area contributed by atoms with Crippen molar-refractivity contribution in [3.63, 3.8) is 0 Å². The molecule has 0 aliphatic carbocycles. The molecule has 76 valence electrons. The van der Waals surface area contributed by atoms with E-state index < -0.39 is 5.82 Å². The first kappa shape index (κ1) is 9.51. The summed E-state index contributed by atoms with van der Waals surface area (Å²) in [4.78, 5) is 10.4. The third-order valence-corrected chi connectivity index (χ3v) is 2.05. The Kier molecular flexibility index (Phi) is 2.29. The minimum Gasteiger partial charge on any atom is -0.296 e. The summed E-state index contributed by atoms with van der Waals surface area (Å²) in [6.45, 7) is 1.76. The molecule has 0 fully saturated rings. The Balaban J connectivity index is 2.58. The zero-order valence-corrected chi connectivity index (χ0v) is 8.01. The van der Waals surface area contributed by atoms with Crippen molar-refractivity contribution in [1.82, 2.24) is 15.0 Å². The summed E-state index contributed by atoms with van der Waals surface area (Å²) in [6.07, 6.45) is 1.96. The average Bonchev–Trinajstić information content (AvgIpc) is 2.66. The molecule has 0 bridgehead atoms. The third-order valence-electron chi connectivity index (χ3n) is 2.05. The molecule has 0 atom stereocenters. The maximum atomic E-state index is 13.5. The largest absolute Gasteiger partial charge is 0.296 e. The second-order valence-corrected chi connectivity index (χ2v) is 3.11. The van der Waals surface area contributed by atoms with E-state index >= 15 is 0 Å². The SMILES string of the molecule is Cc1cccc(F)c1-n1cc(C=O)nn1. The summed E-state index contributed by atoms with van der Waals surface area (Å²) < 4.78 is 14.7. The van der Waals surface area contributed by atoms with Gasteiger partial charge in [0.1, 0.15) is 17.2 Å². The second-order valence-electron chi connectivity index (χ2n) is 3.11. The molecule has 0 aliphatic heterocycles. The zero-order valence-electron chi connectivity index (χ0n) is 8.01. The lowest BCUT2D eigenvalue weighted by atomic mass is 10.2. The van der Waals surface area contributed by atoms with Gasteiger partial charge in [0.05, 0.1) is 6.20 Å². The molecule has 0 saturated heterocycles. The van der Waals surface area contributed by atoms with E-state index in [1.807, 2.05) is 0 Å². The van der Waals surface area contributed by atoms with Crippen LogP contribution in [-0.2, 0) is 0 Å². The molecule has 0 radical (unpaired) electrons. The molecule has 0 amide bonds. The van der Waals surface area contributed by atoms with Crippen molar-refractivity contribution in [3.8, 4) is 5.69 Å². The number of aromatic nitrogens is 3. The lowest BCUT2D eigenvalue weighted by Gasteiger charge is -2.04. The van der Waals surface area contributed by atoms with E-state index in [4.69, 9.17) is 0 Å². The lowest BCUT2D eigenvalue weighted by molar-refractivity contribution is 0.111. The number of aldehydes is 1.